The number of ether oxygens (including phenoxy) is 1. The molecule has 112 valence electrons. The fourth-order valence-electron chi connectivity index (χ4n) is 2.51. The minimum Gasteiger partial charge on any atom is -0.383 e. The Morgan fingerprint density at radius 2 is 2.11 bits per heavy atom. The van der Waals surface area contributed by atoms with Crippen LogP contribution in [0.15, 0.2) is 0 Å². The molecule has 2 N–H and O–H groups in total. The lowest BCUT2D eigenvalue weighted by atomic mass is 9.97. The molecular weight excluding hydrogens is 242 g/mol. The van der Waals surface area contributed by atoms with Crippen molar-refractivity contribution in [2.24, 2.45) is 5.92 Å². The van der Waals surface area contributed by atoms with E-state index >= 15 is 0 Å². The number of likely N-dealkylation sites (tertiary alicyclic amines) is 1. The first-order valence-electron chi connectivity index (χ1n) is 7.37. The highest BCUT2D eigenvalue weighted by atomic mass is 16.5. The number of nitrogens with one attached hydrogen (secondary N) is 2. The molecule has 0 aromatic heterocycles. The molecule has 5 nitrogen and oxygen atoms in total. The van der Waals surface area contributed by atoms with Crippen LogP contribution in [-0.2, 0) is 9.53 Å². The van der Waals surface area contributed by atoms with Gasteiger partial charge in [-0.2, -0.15) is 0 Å². The largest absolute Gasteiger partial charge is 0.383 e. The summed E-state index contributed by atoms with van der Waals surface area (Å²) in [4.78, 5) is 14.1. The van der Waals surface area contributed by atoms with E-state index < -0.39 is 0 Å². The van der Waals surface area contributed by atoms with E-state index in [1.54, 1.807) is 7.11 Å². The summed E-state index contributed by atoms with van der Waals surface area (Å²) in [6.07, 6.45) is 2.48. The molecule has 0 bridgehead atoms. The second-order valence-electron chi connectivity index (χ2n) is 5.43. The summed E-state index contributed by atoms with van der Waals surface area (Å²) in [6.45, 7) is 9.61. The Balaban J connectivity index is 2.05. The van der Waals surface area contributed by atoms with E-state index in [4.69, 9.17) is 4.74 Å². The van der Waals surface area contributed by atoms with Gasteiger partial charge in [0, 0.05) is 13.2 Å². The molecule has 1 unspecified atom stereocenters. The van der Waals surface area contributed by atoms with Gasteiger partial charge in [-0.3, -0.25) is 4.79 Å². The molecule has 0 aromatic carbocycles. The quantitative estimate of drug-likeness (QED) is 0.673. The average Bonchev–Trinajstić information content (AvgIpc) is 2.39. The molecule has 5 heteroatoms. The predicted molar refractivity (Wildman–Crippen MR) is 77.2 cm³/mol. The molecular formula is C14H29N3O2. The minimum absolute atomic E-state index is 0.0514. The van der Waals surface area contributed by atoms with E-state index in [2.05, 4.69) is 22.5 Å². The molecule has 0 aromatic rings. The Labute approximate surface area is 117 Å². The van der Waals surface area contributed by atoms with E-state index in [9.17, 15) is 4.79 Å². The zero-order valence-electron chi connectivity index (χ0n) is 12.6. The number of rotatable bonds is 8. The number of methoxy groups -OCH3 is 1. The Kier molecular flexibility index (Phi) is 8.02. The highest BCUT2D eigenvalue weighted by molar-refractivity contribution is 5.78. The molecule has 1 saturated heterocycles. The van der Waals surface area contributed by atoms with Gasteiger partial charge in [0.1, 0.15) is 0 Å². The van der Waals surface area contributed by atoms with Crippen molar-refractivity contribution >= 4 is 5.91 Å². The predicted octanol–water partition coefficient (Wildman–Crippen LogP) is 0.459. The molecule has 19 heavy (non-hydrogen) atoms. The van der Waals surface area contributed by atoms with E-state index in [0.29, 0.717) is 19.1 Å². The van der Waals surface area contributed by atoms with Crippen LogP contribution in [-0.4, -0.2) is 63.3 Å². The van der Waals surface area contributed by atoms with Crippen LogP contribution in [0.4, 0.5) is 0 Å². The average molecular weight is 271 g/mol. The van der Waals surface area contributed by atoms with Crippen molar-refractivity contribution in [1.29, 1.82) is 0 Å². The molecule has 1 aliphatic rings. The fourth-order valence-corrected chi connectivity index (χ4v) is 2.51. The van der Waals surface area contributed by atoms with Crippen LogP contribution in [0.1, 0.15) is 26.7 Å². The Morgan fingerprint density at radius 1 is 1.42 bits per heavy atom. The van der Waals surface area contributed by atoms with Crippen LogP contribution in [0.3, 0.4) is 0 Å². The number of amides is 1. The van der Waals surface area contributed by atoms with Gasteiger partial charge in [-0.05, 0) is 51.9 Å². The molecule has 1 aliphatic heterocycles. The smallest absolute Gasteiger partial charge is 0.234 e. The van der Waals surface area contributed by atoms with Crippen LogP contribution >= 0.6 is 0 Å². The van der Waals surface area contributed by atoms with Crippen molar-refractivity contribution < 1.29 is 9.53 Å². The van der Waals surface area contributed by atoms with Gasteiger partial charge in [-0.1, -0.05) is 6.92 Å². The van der Waals surface area contributed by atoms with Gasteiger partial charge in [0.15, 0.2) is 0 Å². The molecule has 0 spiro atoms. The fraction of sp³-hybridized carbons (Fsp3) is 0.929. The van der Waals surface area contributed by atoms with Crippen molar-refractivity contribution in [3.8, 4) is 0 Å². The summed E-state index contributed by atoms with van der Waals surface area (Å²) in [7, 11) is 1.64. The second-order valence-corrected chi connectivity index (χ2v) is 5.43. The zero-order valence-corrected chi connectivity index (χ0v) is 12.6. The maximum Gasteiger partial charge on any atom is 0.234 e. The molecule has 1 heterocycles. The van der Waals surface area contributed by atoms with Crippen molar-refractivity contribution in [3.05, 3.63) is 0 Å². The molecule has 1 rings (SSSR count). The highest BCUT2D eigenvalue weighted by Crippen LogP contribution is 2.15. The van der Waals surface area contributed by atoms with E-state index in [0.717, 1.165) is 13.1 Å². The summed E-state index contributed by atoms with van der Waals surface area (Å²) in [5.74, 6) is 0.766. The lowest BCUT2D eigenvalue weighted by molar-refractivity contribution is -0.121. The summed E-state index contributed by atoms with van der Waals surface area (Å²) >= 11 is 0. The SMILES string of the molecule is CCN1CCC(CNCC(=O)NC(C)COC)CC1. The van der Waals surface area contributed by atoms with Gasteiger partial charge < -0.3 is 20.3 Å². The van der Waals surface area contributed by atoms with E-state index in [-0.39, 0.29) is 11.9 Å². The van der Waals surface area contributed by atoms with Crippen molar-refractivity contribution in [3.63, 3.8) is 0 Å². The first-order chi connectivity index (χ1) is 9.15. The van der Waals surface area contributed by atoms with Crippen LogP contribution < -0.4 is 10.6 Å². The van der Waals surface area contributed by atoms with Gasteiger partial charge in [0.2, 0.25) is 5.91 Å². The minimum atomic E-state index is 0.0514. The maximum absolute atomic E-state index is 11.6. The topological polar surface area (TPSA) is 53.6 Å². The molecule has 0 aliphatic carbocycles. The molecule has 1 fully saturated rings. The number of nitrogens with zero attached hydrogens (tertiary/aromatic N) is 1. The third kappa shape index (κ3) is 6.89. The summed E-state index contributed by atoms with van der Waals surface area (Å²) in [6, 6.07) is 0.0760. The van der Waals surface area contributed by atoms with Crippen LogP contribution in [0.25, 0.3) is 0 Å². The number of hydrogen-bond acceptors (Lipinski definition) is 4. The number of piperidine rings is 1. The van der Waals surface area contributed by atoms with Crippen molar-refractivity contribution in [2.45, 2.75) is 32.7 Å². The molecule has 0 saturated carbocycles. The number of carbonyl (C=O) groups is 1. The van der Waals surface area contributed by atoms with Crippen LogP contribution in [0, 0.1) is 5.92 Å². The summed E-state index contributed by atoms with van der Waals surface area (Å²) < 4.78 is 4.99. The lowest BCUT2D eigenvalue weighted by Gasteiger charge is -2.31. The standard InChI is InChI=1S/C14H29N3O2/c1-4-17-7-5-13(6-8-17)9-15-10-14(18)16-12(2)11-19-3/h12-13,15H,4-11H2,1-3H3,(H,16,18). The van der Waals surface area contributed by atoms with Gasteiger partial charge in [0.25, 0.3) is 0 Å². The van der Waals surface area contributed by atoms with Crippen molar-refractivity contribution in [1.82, 2.24) is 15.5 Å². The maximum atomic E-state index is 11.6. The third-order valence-electron chi connectivity index (χ3n) is 3.70. The first-order valence-corrected chi connectivity index (χ1v) is 7.37. The van der Waals surface area contributed by atoms with Crippen LogP contribution in [0.2, 0.25) is 0 Å². The molecule has 0 radical (unpaired) electrons. The van der Waals surface area contributed by atoms with Crippen molar-refractivity contribution in [2.75, 3.05) is 46.4 Å². The molecule has 1 amide bonds. The first kappa shape index (κ1) is 16.4. The highest BCUT2D eigenvalue weighted by Gasteiger charge is 2.17. The van der Waals surface area contributed by atoms with Crippen LogP contribution in [0.5, 0.6) is 0 Å². The van der Waals surface area contributed by atoms with Gasteiger partial charge >= 0.3 is 0 Å². The normalized spacial score (nSPS) is 19.3. The van der Waals surface area contributed by atoms with Gasteiger partial charge in [0.05, 0.1) is 13.2 Å². The third-order valence-corrected chi connectivity index (χ3v) is 3.70. The summed E-state index contributed by atoms with van der Waals surface area (Å²) in [5, 5.41) is 6.16. The van der Waals surface area contributed by atoms with E-state index in [1.165, 1.54) is 25.9 Å². The Hall–Kier alpha value is -0.650. The Morgan fingerprint density at radius 3 is 2.68 bits per heavy atom. The van der Waals surface area contributed by atoms with Gasteiger partial charge in [-0.25, -0.2) is 0 Å². The monoisotopic (exact) mass is 271 g/mol. The Bertz CT molecular complexity index is 253. The summed E-state index contributed by atoms with van der Waals surface area (Å²) in [5.41, 5.74) is 0. The number of carbonyl (C=O) groups excluding carboxylic acids is 1. The zero-order chi connectivity index (χ0) is 14.1. The van der Waals surface area contributed by atoms with Gasteiger partial charge in [-0.15, -0.1) is 0 Å². The number of hydrogen-bond donors (Lipinski definition) is 2. The second kappa shape index (κ2) is 9.28. The van der Waals surface area contributed by atoms with E-state index in [1.807, 2.05) is 6.92 Å². The molecule has 1 atom stereocenters. The lowest BCUT2D eigenvalue weighted by Crippen LogP contribution is -2.43.